The monoisotopic (exact) mass is 225 g/mol. The van der Waals surface area contributed by atoms with Gasteiger partial charge in [0, 0.05) is 7.05 Å². The molecule has 0 N–H and O–H groups in total. The number of aryl methyl sites for hydroxylation is 1. The van der Waals surface area contributed by atoms with Crippen molar-refractivity contribution in [2.24, 2.45) is 0 Å². The van der Waals surface area contributed by atoms with Crippen molar-refractivity contribution in [1.82, 2.24) is 4.90 Å². The predicted octanol–water partition coefficient (Wildman–Crippen LogP) is 2.88. The summed E-state index contributed by atoms with van der Waals surface area (Å²) in [6, 6.07) is 1.74. The second kappa shape index (κ2) is 5.07. The molecule has 82 valence electrons. The Morgan fingerprint density at radius 3 is 2.67 bits per heavy atom. The predicted molar refractivity (Wildman–Crippen MR) is 62.8 cm³/mol. The fourth-order valence-corrected chi connectivity index (χ4v) is 1.89. The zero-order valence-electron chi connectivity index (χ0n) is 9.40. The lowest BCUT2D eigenvalue weighted by Crippen LogP contribution is -2.24. The maximum atomic E-state index is 11.9. The first-order chi connectivity index (χ1) is 7.10. The maximum absolute atomic E-state index is 11.9. The minimum atomic E-state index is -0.0469. The summed E-state index contributed by atoms with van der Waals surface area (Å²) in [6.45, 7) is 3.73. The van der Waals surface area contributed by atoms with Gasteiger partial charge in [0.05, 0.1) is 10.6 Å². The Bertz CT molecular complexity index is 382. The van der Waals surface area contributed by atoms with Crippen LogP contribution in [-0.4, -0.2) is 24.1 Å². The minimum absolute atomic E-state index is 0.0469. The van der Waals surface area contributed by atoms with Crippen molar-refractivity contribution < 1.29 is 9.21 Å². The highest BCUT2D eigenvalue weighted by Crippen LogP contribution is 2.18. The molecule has 0 atom stereocenters. The Hall–Kier alpha value is -1.16. The van der Waals surface area contributed by atoms with Crippen molar-refractivity contribution in [2.75, 3.05) is 13.3 Å². The Morgan fingerprint density at radius 1 is 1.60 bits per heavy atom. The molecular weight excluding hydrogens is 210 g/mol. The van der Waals surface area contributed by atoms with Gasteiger partial charge < -0.3 is 9.32 Å². The van der Waals surface area contributed by atoms with E-state index >= 15 is 0 Å². The molecule has 1 heterocycles. The highest BCUT2D eigenvalue weighted by atomic mass is 32.2. The van der Waals surface area contributed by atoms with Crippen LogP contribution in [0.3, 0.4) is 0 Å². The second-order valence-corrected chi connectivity index (χ2v) is 3.97. The number of carbonyl (C=O) groups excluding carboxylic acids is 1. The third-order valence-electron chi connectivity index (χ3n) is 2.07. The van der Waals surface area contributed by atoms with E-state index in [1.807, 2.05) is 26.2 Å². The molecule has 0 aliphatic heterocycles. The van der Waals surface area contributed by atoms with Crippen molar-refractivity contribution in [3.05, 3.63) is 34.8 Å². The second-order valence-electron chi connectivity index (χ2n) is 3.14. The van der Waals surface area contributed by atoms with Gasteiger partial charge in [-0.3, -0.25) is 4.79 Å². The van der Waals surface area contributed by atoms with Gasteiger partial charge in [-0.1, -0.05) is 6.08 Å². The number of nitrogens with zero attached hydrogens (tertiary/aromatic N) is 1. The average Bonchev–Trinajstić information content (AvgIpc) is 2.65. The van der Waals surface area contributed by atoms with Gasteiger partial charge in [0.2, 0.25) is 0 Å². The molecule has 0 fully saturated rings. The molecule has 0 radical (unpaired) electrons. The number of amides is 1. The topological polar surface area (TPSA) is 33.5 Å². The van der Waals surface area contributed by atoms with Gasteiger partial charge in [0.15, 0.2) is 0 Å². The summed E-state index contributed by atoms with van der Waals surface area (Å²) >= 11 is 1.54. The summed E-state index contributed by atoms with van der Waals surface area (Å²) in [5, 5.41) is 0.929. The molecule has 0 aliphatic carbocycles. The van der Waals surface area contributed by atoms with E-state index in [1.165, 1.54) is 6.26 Å². The average molecular weight is 225 g/mol. The van der Waals surface area contributed by atoms with Crippen LogP contribution in [0.25, 0.3) is 0 Å². The molecule has 15 heavy (non-hydrogen) atoms. The molecule has 1 aromatic rings. The lowest BCUT2D eigenvalue weighted by molar-refractivity contribution is 0.0845. The molecule has 1 rings (SSSR count). The van der Waals surface area contributed by atoms with Gasteiger partial charge in [0.1, 0.15) is 12.0 Å². The van der Waals surface area contributed by atoms with E-state index in [2.05, 4.69) is 0 Å². The van der Waals surface area contributed by atoms with Crippen LogP contribution < -0.4 is 0 Å². The van der Waals surface area contributed by atoms with E-state index in [9.17, 15) is 4.79 Å². The molecule has 0 bridgehead atoms. The number of rotatable bonds is 3. The third-order valence-corrected chi connectivity index (χ3v) is 3.00. The van der Waals surface area contributed by atoms with Gasteiger partial charge >= 0.3 is 0 Å². The number of thioether (sulfide) groups is 1. The van der Waals surface area contributed by atoms with Crippen LogP contribution in [0.4, 0.5) is 0 Å². The van der Waals surface area contributed by atoms with Crippen molar-refractivity contribution in [3.8, 4) is 0 Å². The highest BCUT2D eigenvalue weighted by Gasteiger charge is 2.16. The lowest BCUT2D eigenvalue weighted by Gasteiger charge is -2.17. The zero-order valence-corrected chi connectivity index (χ0v) is 10.2. The minimum Gasteiger partial charge on any atom is -0.469 e. The molecule has 0 saturated heterocycles. The van der Waals surface area contributed by atoms with Gasteiger partial charge in [-0.25, -0.2) is 0 Å². The van der Waals surface area contributed by atoms with Crippen molar-refractivity contribution in [3.63, 3.8) is 0 Å². The molecule has 3 nitrogen and oxygen atoms in total. The summed E-state index contributed by atoms with van der Waals surface area (Å²) in [6.07, 6.45) is 5.34. The van der Waals surface area contributed by atoms with E-state index < -0.39 is 0 Å². The standard InChI is InChI=1S/C11H15NO2S/c1-5-10(15-4)12(3)11(13)9-6-8(2)14-7-9/h5-7H,1-4H3. The SMILES string of the molecule is CC=C(SC)N(C)C(=O)c1coc(C)c1. The van der Waals surface area contributed by atoms with Crippen LogP contribution in [0.5, 0.6) is 0 Å². The quantitative estimate of drug-likeness (QED) is 0.793. The Morgan fingerprint density at radius 2 is 2.27 bits per heavy atom. The summed E-state index contributed by atoms with van der Waals surface area (Å²) in [7, 11) is 1.76. The first-order valence-electron chi connectivity index (χ1n) is 4.63. The maximum Gasteiger partial charge on any atom is 0.261 e. The van der Waals surface area contributed by atoms with E-state index in [0.29, 0.717) is 5.56 Å². The molecule has 0 unspecified atom stereocenters. The van der Waals surface area contributed by atoms with Crippen molar-refractivity contribution >= 4 is 17.7 Å². The Labute approximate surface area is 94.1 Å². The van der Waals surface area contributed by atoms with Crippen LogP contribution in [-0.2, 0) is 0 Å². The van der Waals surface area contributed by atoms with Crippen LogP contribution in [0.15, 0.2) is 27.9 Å². The third kappa shape index (κ3) is 2.65. The van der Waals surface area contributed by atoms with Gasteiger partial charge in [-0.15, -0.1) is 11.8 Å². The molecule has 4 heteroatoms. The molecule has 1 amide bonds. The van der Waals surface area contributed by atoms with Crippen molar-refractivity contribution in [1.29, 1.82) is 0 Å². The largest absolute Gasteiger partial charge is 0.469 e. The first-order valence-corrected chi connectivity index (χ1v) is 5.86. The number of hydrogen-bond acceptors (Lipinski definition) is 3. The molecule has 0 saturated carbocycles. The molecule has 0 spiro atoms. The number of allylic oxidation sites excluding steroid dienone is 1. The smallest absolute Gasteiger partial charge is 0.261 e. The van der Waals surface area contributed by atoms with Crippen molar-refractivity contribution in [2.45, 2.75) is 13.8 Å². The van der Waals surface area contributed by atoms with Crippen LogP contribution >= 0.6 is 11.8 Å². The number of hydrogen-bond donors (Lipinski definition) is 0. The Kier molecular flexibility index (Phi) is 4.03. The first kappa shape index (κ1) is 11.9. The summed E-state index contributed by atoms with van der Waals surface area (Å²) in [5.41, 5.74) is 0.586. The molecular formula is C11H15NO2S. The molecule has 0 aromatic carbocycles. The lowest BCUT2D eigenvalue weighted by atomic mass is 10.3. The van der Waals surface area contributed by atoms with E-state index in [4.69, 9.17) is 4.42 Å². The fourth-order valence-electron chi connectivity index (χ4n) is 1.30. The van der Waals surface area contributed by atoms with Crippen LogP contribution in [0, 0.1) is 6.92 Å². The summed E-state index contributed by atoms with van der Waals surface area (Å²) in [5.74, 6) is 0.701. The number of carbonyl (C=O) groups is 1. The summed E-state index contributed by atoms with van der Waals surface area (Å²) < 4.78 is 5.11. The van der Waals surface area contributed by atoms with Gasteiger partial charge in [-0.05, 0) is 26.2 Å². The normalized spacial score (nSPS) is 11.6. The summed E-state index contributed by atoms with van der Waals surface area (Å²) in [4.78, 5) is 13.5. The van der Waals surface area contributed by atoms with Crippen LogP contribution in [0.2, 0.25) is 0 Å². The van der Waals surface area contributed by atoms with Gasteiger partial charge in [-0.2, -0.15) is 0 Å². The fraction of sp³-hybridized carbons (Fsp3) is 0.364. The van der Waals surface area contributed by atoms with E-state index in [1.54, 1.807) is 29.8 Å². The Balaban J connectivity index is 2.86. The molecule has 1 aromatic heterocycles. The van der Waals surface area contributed by atoms with E-state index in [0.717, 1.165) is 10.8 Å². The van der Waals surface area contributed by atoms with E-state index in [-0.39, 0.29) is 5.91 Å². The molecule has 0 aliphatic rings. The zero-order chi connectivity index (χ0) is 11.4. The van der Waals surface area contributed by atoms with Gasteiger partial charge in [0.25, 0.3) is 5.91 Å². The number of furan rings is 1. The van der Waals surface area contributed by atoms with Crippen LogP contribution in [0.1, 0.15) is 23.0 Å². The highest BCUT2D eigenvalue weighted by molar-refractivity contribution is 8.02.